The summed E-state index contributed by atoms with van der Waals surface area (Å²) >= 11 is 0. The van der Waals surface area contributed by atoms with Crippen molar-refractivity contribution in [1.29, 1.82) is 0 Å². The summed E-state index contributed by atoms with van der Waals surface area (Å²) < 4.78 is 24.7. The lowest BCUT2D eigenvalue weighted by atomic mass is 9.78. The number of pyridine rings is 1. The molecule has 9 nitrogen and oxygen atoms in total. The summed E-state index contributed by atoms with van der Waals surface area (Å²) in [7, 11) is 0. The molecule has 0 unspecified atom stereocenters. The molecule has 2 aromatic rings. The fourth-order valence-corrected chi connectivity index (χ4v) is 5.75. The van der Waals surface area contributed by atoms with Crippen molar-refractivity contribution in [3.8, 4) is 17.3 Å². The highest BCUT2D eigenvalue weighted by atomic mass is 19.1. The molecule has 1 atom stereocenters. The maximum Gasteiger partial charge on any atom is 0.409 e. The number of anilines is 1. The van der Waals surface area contributed by atoms with Crippen LogP contribution in [0, 0.1) is 11.2 Å². The second-order valence-electron chi connectivity index (χ2n) is 9.68. The lowest BCUT2D eigenvalue weighted by Gasteiger charge is -2.48. The van der Waals surface area contributed by atoms with Gasteiger partial charge in [0.2, 0.25) is 0 Å². The van der Waals surface area contributed by atoms with Crippen molar-refractivity contribution < 1.29 is 18.7 Å². The molecular formula is C25H33FN6O3. The lowest BCUT2D eigenvalue weighted by Crippen LogP contribution is -2.58. The number of halogens is 1. The molecule has 2 aromatic heterocycles. The number of carbonyl (C=O) groups excluding carboxylic acids is 1. The van der Waals surface area contributed by atoms with E-state index in [9.17, 15) is 9.18 Å². The second kappa shape index (κ2) is 9.93. The van der Waals surface area contributed by atoms with Gasteiger partial charge in [0.15, 0.2) is 0 Å². The normalized spacial score (nSPS) is 21.7. The van der Waals surface area contributed by atoms with Crippen molar-refractivity contribution in [2.45, 2.75) is 39.2 Å². The molecular weight excluding hydrogens is 451 g/mol. The first-order chi connectivity index (χ1) is 17.0. The van der Waals surface area contributed by atoms with Crippen LogP contribution in [0.2, 0.25) is 0 Å². The molecule has 188 valence electrons. The Kier molecular flexibility index (Phi) is 6.73. The highest BCUT2D eigenvalue weighted by Gasteiger charge is 2.51. The third-order valence-electron chi connectivity index (χ3n) is 7.44. The van der Waals surface area contributed by atoms with Gasteiger partial charge in [-0.2, -0.15) is 0 Å². The smallest absolute Gasteiger partial charge is 0.409 e. The van der Waals surface area contributed by atoms with Gasteiger partial charge in [0, 0.05) is 74.7 Å². The lowest BCUT2D eigenvalue weighted by molar-refractivity contribution is -0.00294. The van der Waals surface area contributed by atoms with Gasteiger partial charge >= 0.3 is 12.1 Å². The Morgan fingerprint density at radius 2 is 1.83 bits per heavy atom. The standard InChI is InChI=1S/C25H33FN6O3/c1-3-34-23-28-13-18(14-29-23)22-21(11-19(26)15-27-22)31-9-7-30(8-10-31)20-5-6-25(12-20)16-32(17-25)24(33)35-4-2/h11,13-15,20H,3-10,12,16-17H2,1-2H3/t20-/m1/s1. The topological polar surface area (TPSA) is 83.9 Å². The fraction of sp³-hybridized carbons (Fsp3) is 0.600. The van der Waals surface area contributed by atoms with Crippen LogP contribution in [-0.4, -0.2) is 89.4 Å². The number of amides is 1. The Balaban J connectivity index is 1.20. The van der Waals surface area contributed by atoms with Gasteiger partial charge < -0.3 is 19.3 Å². The predicted octanol–water partition coefficient (Wildman–Crippen LogP) is 3.21. The van der Waals surface area contributed by atoms with Crippen molar-refractivity contribution in [3.63, 3.8) is 0 Å². The van der Waals surface area contributed by atoms with E-state index in [0.29, 0.717) is 31.0 Å². The minimum atomic E-state index is -0.355. The zero-order chi connectivity index (χ0) is 24.4. The molecule has 3 aliphatic rings. The molecule has 1 saturated carbocycles. The van der Waals surface area contributed by atoms with E-state index >= 15 is 0 Å². The molecule has 0 bridgehead atoms. The molecule has 3 fully saturated rings. The molecule has 2 saturated heterocycles. The van der Waals surface area contributed by atoms with Gasteiger partial charge in [-0.3, -0.25) is 9.88 Å². The Labute approximate surface area is 205 Å². The zero-order valence-corrected chi connectivity index (χ0v) is 20.5. The second-order valence-corrected chi connectivity index (χ2v) is 9.68. The molecule has 0 N–H and O–H groups in total. The van der Waals surface area contributed by atoms with Gasteiger partial charge in [-0.05, 0) is 33.1 Å². The molecule has 1 spiro atoms. The molecule has 10 heteroatoms. The summed E-state index contributed by atoms with van der Waals surface area (Å²) in [6, 6.07) is 2.41. The van der Waals surface area contributed by atoms with Gasteiger partial charge in [-0.1, -0.05) is 0 Å². The molecule has 1 amide bonds. The fourth-order valence-electron chi connectivity index (χ4n) is 5.75. The monoisotopic (exact) mass is 484 g/mol. The van der Waals surface area contributed by atoms with Crippen LogP contribution < -0.4 is 9.64 Å². The minimum Gasteiger partial charge on any atom is -0.464 e. The van der Waals surface area contributed by atoms with E-state index in [1.165, 1.54) is 6.20 Å². The van der Waals surface area contributed by atoms with Crippen LogP contribution in [-0.2, 0) is 4.74 Å². The van der Waals surface area contributed by atoms with Gasteiger partial charge in [-0.25, -0.2) is 19.2 Å². The third kappa shape index (κ3) is 4.89. The van der Waals surface area contributed by atoms with Crippen molar-refractivity contribution in [2.75, 3.05) is 57.4 Å². The van der Waals surface area contributed by atoms with E-state index in [1.807, 2.05) is 18.7 Å². The quantitative estimate of drug-likeness (QED) is 0.618. The van der Waals surface area contributed by atoms with Crippen LogP contribution >= 0.6 is 0 Å². The molecule has 0 aromatic carbocycles. The Bertz CT molecular complexity index is 1040. The van der Waals surface area contributed by atoms with E-state index in [0.717, 1.165) is 69.8 Å². The number of ether oxygens (including phenoxy) is 2. The van der Waals surface area contributed by atoms with Gasteiger partial charge in [0.1, 0.15) is 5.82 Å². The highest BCUT2D eigenvalue weighted by molar-refractivity contribution is 5.74. The van der Waals surface area contributed by atoms with Crippen molar-refractivity contribution >= 4 is 11.8 Å². The van der Waals surface area contributed by atoms with Gasteiger partial charge in [-0.15, -0.1) is 0 Å². The SMILES string of the molecule is CCOC(=O)N1CC2(CC[C@@H](N3CCN(c4cc(F)cnc4-c4cnc(OCC)nc4)CC3)C2)C1. The number of piperazine rings is 1. The van der Waals surface area contributed by atoms with E-state index in [2.05, 4.69) is 24.8 Å². The summed E-state index contributed by atoms with van der Waals surface area (Å²) in [5, 5.41) is 0. The number of likely N-dealkylation sites (tertiary alicyclic amines) is 1. The number of carbonyl (C=O) groups is 1. The highest BCUT2D eigenvalue weighted by Crippen LogP contribution is 2.47. The first kappa shape index (κ1) is 23.7. The minimum absolute atomic E-state index is 0.187. The first-order valence-electron chi connectivity index (χ1n) is 12.5. The van der Waals surface area contributed by atoms with E-state index in [1.54, 1.807) is 18.5 Å². The molecule has 4 heterocycles. The Morgan fingerprint density at radius 3 is 2.51 bits per heavy atom. The molecule has 5 rings (SSSR count). The summed E-state index contributed by atoms with van der Waals surface area (Å²) in [4.78, 5) is 31.4. The number of rotatable bonds is 6. The Morgan fingerprint density at radius 1 is 1.09 bits per heavy atom. The van der Waals surface area contributed by atoms with Crippen molar-refractivity contribution in [3.05, 3.63) is 30.5 Å². The number of aromatic nitrogens is 3. The average Bonchev–Trinajstić information content (AvgIpc) is 3.30. The van der Waals surface area contributed by atoms with E-state index in [-0.39, 0.29) is 17.3 Å². The van der Waals surface area contributed by atoms with Gasteiger partial charge in [0.25, 0.3) is 0 Å². The third-order valence-corrected chi connectivity index (χ3v) is 7.44. The summed E-state index contributed by atoms with van der Waals surface area (Å²) in [6.07, 6.45) is 7.84. The number of hydrogen-bond acceptors (Lipinski definition) is 8. The number of nitrogens with zero attached hydrogens (tertiary/aromatic N) is 6. The predicted molar refractivity (Wildman–Crippen MR) is 129 cm³/mol. The van der Waals surface area contributed by atoms with Crippen molar-refractivity contribution in [1.82, 2.24) is 24.8 Å². The molecule has 35 heavy (non-hydrogen) atoms. The van der Waals surface area contributed by atoms with Crippen LogP contribution in [0.15, 0.2) is 24.7 Å². The van der Waals surface area contributed by atoms with Crippen LogP contribution in [0.1, 0.15) is 33.1 Å². The Hall–Kier alpha value is -3.01. The van der Waals surface area contributed by atoms with E-state index < -0.39 is 0 Å². The summed E-state index contributed by atoms with van der Waals surface area (Å²) in [5.41, 5.74) is 2.43. The van der Waals surface area contributed by atoms with E-state index in [4.69, 9.17) is 9.47 Å². The maximum absolute atomic E-state index is 14.2. The first-order valence-corrected chi connectivity index (χ1v) is 12.5. The maximum atomic E-state index is 14.2. The molecule has 2 aliphatic heterocycles. The van der Waals surface area contributed by atoms with Crippen LogP contribution in [0.4, 0.5) is 14.9 Å². The van der Waals surface area contributed by atoms with Crippen LogP contribution in [0.3, 0.4) is 0 Å². The van der Waals surface area contributed by atoms with Crippen molar-refractivity contribution in [2.24, 2.45) is 5.41 Å². The van der Waals surface area contributed by atoms with Crippen LogP contribution in [0.5, 0.6) is 6.01 Å². The summed E-state index contributed by atoms with van der Waals surface area (Å²) in [5.74, 6) is -0.355. The number of hydrogen-bond donors (Lipinski definition) is 0. The summed E-state index contributed by atoms with van der Waals surface area (Å²) in [6.45, 7) is 9.69. The van der Waals surface area contributed by atoms with Gasteiger partial charge in [0.05, 0.1) is 30.8 Å². The largest absolute Gasteiger partial charge is 0.464 e. The molecule has 1 aliphatic carbocycles. The zero-order valence-electron chi connectivity index (χ0n) is 20.5. The average molecular weight is 485 g/mol. The van der Waals surface area contributed by atoms with Crippen LogP contribution in [0.25, 0.3) is 11.3 Å². The molecule has 0 radical (unpaired) electrons.